The molecule has 0 bridgehead atoms. The average Bonchev–Trinajstić information content (AvgIpc) is 2.39. The number of rotatable bonds is 7. The standard InChI is InChI=1S/C15H20BrNO4/c1-9(2)11-7-12(16)10(3)6-13(11)21-8-14(18)17-5-4-15(19)20/h6-7,9H,4-5,8H2,1-3H3,(H,17,18)(H,19,20). The summed E-state index contributed by atoms with van der Waals surface area (Å²) >= 11 is 3.49. The number of ether oxygens (including phenoxy) is 1. The smallest absolute Gasteiger partial charge is 0.305 e. The third-order valence-corrected chi connectivity index (χ3v) is 3.79. The fraction of sp³-hybridized carbons (Fsp3) is 0.467. The second-order valence-corrected chi connectivity index (χ2v) is 5.93. The Labute approximate surface area is 132 Å². The lowest BCUT2D eigenvalue weighted by Crippen LogP contribution is -2.30. The molecule has 0 aliphatic carbocycles. The zero-order valence-corrected chi connectivity index (χ0v) is 14.0. The van der Waals surface area contributed by atoms with Crippen LogP contribution in [0, 0.1) is 6.92 Å². The van der Waals surface area contributed by atoms with Crippen LogP contribution in [0.25, 0.3) is 0 Å². The average molecular weight is 358 g/mol. The van der Waals surface area contributed by atoms with Gasteiger partial charge >= 0.3 is 5.97 Å². The Bertz CT molecular complexity index is 529. The number of carbonyl (C=O) groups excluding carboxylic acids is 1. The number of halogens is 1. The van der Waals surface area contributed by atoms with Gasteiger partial charge in [-0.1, -0.05) is 29.8 Å². The quantitative estimate of drug-likeness (QED) is 0.786. The van der Waals surface area contributed by atoms with Crippen molar-refractivity contribution < 1.29 is 19.4 Å². The Morgan fingerprint density at radius 2 is 2.05 bits per heavy atom. The lowest BCUT2D eigenvalue weighted by molar-refractivity contribution is -0.137. The van der Waals surface area contributed by atoms with Crippen LogP contribution in [-0.4, -0.2) is 30.1 Å². The van der Waals surface area contributed by atoms with Crippen LogP contribution >= 0.6 is 15.9 Å². The van der Waals surface area contributed by atoms with Crippen LogP contribution in [0.1, 0.15) is 37.3 Å². The van der Waals surface area contributed by atoms with E-state index in [9.17, 15) is 9.59 Å². The lowest BCUT2D eigenvalue weighted by Gasteiger charge is -2.16. The predicted molar refractivity (Wildman–Crippen MR) is 83.7 cm³/mol. The van der Waals surface area contributed by atoms with Crippen molar-refractivity contribution in [3.63, 3.8) is 0 Å². The van der Waals surface area contributed by atoms with Crippen molar-refractivity contribution in [2.45, 2.75) is 33.1 Å². The van der Waals surface area contributed by atoms with Gasteiger partial charge in [0.25, 0.3) is 5.91 Å². The molecule has 0 fully saturated rings. The fourth-order valence-corrected chi connectivity index (χ4v) is 2.11. The molecule has 0 aromatic heterocycles. The van der Waals surface area contributed by atoms with Crippen molar-refractivity contribution in [3.05, 3.63) is 27.7 Å². The minimum absolute atomic E-state index is 0.0968. The molecule has 0 atom stereocenters. The van der Waals surface area contributed by atoms with E-state index < -0.39 is 5.97 Å². The van der Waals surface area contributed by atoms with E-state index in [4.69, 9.17) is 9.84 Å². The first-order valence-electron chi connectivity index (χ1n) is 6.72. The molecule has 0 unspecified atom stereocenters. The number of aryl methyl sites for hydroxylation is 1. The number of aliphatic carboxylic acids is 1. The van der Waals surface area contributed by atoms with Crippen LogP contribution in [0.15, 0.2) is 16.6 Å². The molecule has 1 aromatic rings. The number of carboxylic acids is 1. The molecule has 0 aliphatic heterocycles. The molecule has 1 amide bonds. The van der Waals surface area contributed by atoms with Gasteiger partial charge < -0.3 is 15.2 Å². The first-order chi connectivity index (χ1) is 9.81. The summed E-state index contributed by atoms with van der Waals surface area (Å²) in [5, 5.41) is 11.0. The summed E-state index contributed by atoms with van der Waals surface area (Å²) in [5.74, 6) is -0.320. The molecule has 0 radical (unpaired) electrons. The van der Waals surface area contributed by atoms with Crippen molar-refractivity contribution in [1.29, 1.82) is 0 Å². The van der Waals surface area contributed by atoms with Crippen molar-refractivity contribution >= 4 is 27.8 Å². The molecular weight excluding hydrogens is 338 g/mol. The van der Waals surface area contributed by atoms with Crippen molar-refractivity contribution in [1.82, 2.24) is 5.32 Å². The highest BCUT2D eigenvalue weighted by Gasteiger charge is 2.12. The molecule has 0 saturated carbocycles. The molecule has 1 aromatic carbocycles. The Hall–Kier alpha value is -1.56. The van der Waals surface area contributed by atoms with Gasteiger partial charge in [0.2, 0.25) is 0 Å². The number of carbonyl (C=O) groups is 2. The molecule has 5 nitrogen and oxygen atoms in total. The third kappa shape index (κ3) is 5.75. The lowest BCUT2D eigenvalue weighted by atomic mass is 10.0. The Balaban J connectivity index is 2.64. The molecule has 6 heteroatoms. The zero-order valence-electron chi connectivity index (χ0n) is 12.4. The topological polar surface area (TPSA) is 75.6 Å². The Morgan fingerprint density at radius 3 is 2.62 bits per heavy atom. The van der Waals surface area contributed by atoms with Gasteiger partial charge in [-0.2, -0.15) is 0 Å². The van der Waals surface area contributed by atoms with Crippen LogP contribution < -0.4 is 10.1 Å². The van der Waals surface area contributed by atoms with Crippen LogP contribution in [0.2, 0.25) is 0 Å². The van der Waals surface area contributed by atoms with Gasteiger partial charge in [0, 0.05) is 11.0 Å². The highest BCUT2D eigenvalue weighted by atomic mass is 79.9. The molecular formula is C15H20BrNO4. The third-order valence-electron chi connectivity index (χ3n) is 2.93. The predicted octanol–water partition coefficient (Wildman–Crippen LogP) is 2.85. The molecule has 0 saturated heterocycles. The zero-order chi connectivity index (χ0) is 16.0. The second-order valence-electron chi connectivity index (χ2n) is 5.08. The molecule has 21 heavy (non-hydrogen) atoms. The van der Waals surface area contributed by atoms with E-state index >= 15 is 0 Å². The summed E-state index contributed by atoms with van der Waals surface area (Å²) in [6.07, 6.45) is -0.0968. The van der Waals surface area contributed by atoms with Crippen LogP contribution in [0.3, 0.4) is 0 Å². The number of benzene rings is 1. The summed E-state index contributed by atoms with van der Waals surface area (Å²) in [4.78, 5) is 22.0. The van der Waals surface area contributed by atoms with Gasteiger partial charge in [-0.25, -0.2) is 0 Å². The monoisotopic (exact) mass is 357 g/mol. The van der Waals surface area contributed by atoms with Crippen molar-refractivity contribution in [2.75, 3.05) is 13.2 Å². The molecule has 0 spiro atoms. The van der Waals surface area contributed by atoms with Crippen molar-refractivity contribution in [3.8, 4) is 5.75 Å². The fourth-order valence-electron chi connectivity index (χ4n) is 1.75. The summed E-state index contributed by atoms with van der Waals surface area (Å²) in [7, 11) is 0. The Morgan fingerprint density at radius 1 is 1.38 bits per heavy atom. The van der Waals surface area contributed by atoms with E-state index in [0.29, 0.717) is 5.75 Å². The maximum atomic E-state index is 11.6. The van der Waals surface area contributed by atoms with Crippen molar-refractivity contribution in [2.24, 2.45) is 0 Å². The first-order valence-corrected chi connectivity index (χ1v) is 7.52. The van der Waals surface area contributed by atoms with E-state index in [1.165, 1.54) is 0 Å². The van der Waals surface area contributed by atoms with Gasteiger partial charge in [-0.3, -0.25) is 9.59 Å². The molecule has 116 valence electrons. The molecule has 2 N–H and O–H groups in total. The summed E-state index contributed by atoms with van der Waals surface area (Å²) < 4.78 is 6.58. The number of hydrogen-bond acceptors (Lipinski definition) is 3. The van der Waals surface area contributed by atoms with E-state index in [-0.39, 0.29) is 31.4 Å². The minimum atomic E-state index is -0.943. The second kappa shape index (κ2) is 8.02. The number of hydrogen-bond donors (Lipinski definition) is 2. The van der Waals surface area contributed by atoms with Gasteiger partial charge in [0.1, 0.15) is 5.75 Å². The summed E-state index contributed by atoms with van der Waals surface area (Å²) in [6, 6.07) is 3.89. The number of nitrogens with one attached hydrogen (secondary N) is 1. The van der Waals surface area contributed by atoms with Crippen LogP contribution in [0.5, 0.6) is 5.75 Å². The maximum Gasteiger partial charge on any atom is 0.305 e. The maximum absolute atomic E-state index is 11.6. The summed E-state index contributed by atoms with van der Waals surface area (Å²) in [6.45, 7) is 6.04. The van der Waals surface area contributed by atoms with Gasteiger partial charge in [0.05, 0.1) is 6.42 Å². The SMILES string of the molecule is Cc1cc(OCC(=O)NCCC(=O)O)c(C(C)C)cc1Br. The minimum Gasteiger partial charge on any atom is -0.483 e. The van der Waals surface area contributed by atoms with Gasteiger partial charge in [0.15, 0.2) is 6.61 Å². The molecule has 1 rings (SSSR count). The number of carboxylic acid groups (broad SMARTS) is 1. The first kappa shape index (κ1) is 17.5. The van der Waals surface area contributed by atoms with E-state index in [0.717, 1.165) is 15.6 Å². The highest BCUT2D eigenvalue weighted by molar-refractivity contribution is 9.10. The van der Waals surface area contributed by atoms with Crippen LogP contribution in [0.4, 0.5) is 0 Å². The summed E-state index contributed by atoms with van der Waals surface area (Å²) in [5.41, 5.74) is 2.05. The normalized spacial score (nSPS) is 10.5. The van der Waals surface area contributed by atoms with Gasteiger partial charge in [-0.15, -0.1) is 0 Å². The van der Waals surface area contributed by atoms with Crippen LogP contribution in [-0.2, 0) is 9.59 Å². The van der Waals surface area contributed by atoms with E-state index in [1.54, 1.807) is 0 Å². The van der Waals surface area contributed by atoms with E-state index in [1.807, 2.05) is 19.1 Å². The Kier molecular flexibility index (Phi) is 6.68. The number of amides is 1. The largest absolute Gasteiger partial charge is 0.483 e. The van der Waals surface area contributed by atoms with Gasteiger partial charge in [-0.05, 0) is 36.1 Å². The van der Waals surface area contributed by atoms with E-state index in [2.05, 4.69) is 35.1 Å². The molecule has 0 heterocycles. The highest BCUT2D eigenvalue weighted by Crippen LogP contribution is 2.32. The molecule has 0 aliphatic rings.